The number of rotatable bonds is 4. The highest BCUT2D eigenvalue weighted by Crippen LogP contribution is 2.19. The van der Waals surface area contributed by atoms with Crippen LogP contribution >= 0.6 is 0 Å². The van der Waals surface area contributed by atoms with Crippen LogP contribution < -0.4 is 5.32 Å². The Bertz CT molecular complexity index is 738. The van der Waals surface area contributed by atoms with Gasteiger partial charge in [-0.05, 0) is 49.2 Å². The van der Waals surface area contributed by atoms with E-state index >= 15 is 0 Å². The summed E-state index contributed by atoms with van der Waals surface area (Å²) >= 11 is 0. The molecule has 2 aromatic heterocycles. The third kappa shape index (κ3) is 3.09. The highest BCUT2D eigenvalue weighted by molar-refractivity contribution is 5.82. The van der Waals surface area contributed by atoms with Gasteiger partial charge in [-0.1, -0.05) is 18.2 Å². The molecule has 0 aliphatic carbocycles. The molecule has 0 unspecified atom stereocenters. The molecule has 2 heterocycles. The van der Waals surface area contributed by atoms with Gasteiger partial charge >= 0.3 is 0 Å². The van der Waals surface area contributed by atoms with Gasteiger partial charge in [0.05, 0.1) is 5.52 Å². The van der Waals surface area contributed by atoms with Crippen LogP contribution in [0.15, 0.2) is 54.9 Å². The molecule has 0 fully saturated rings. The van der Waals surface area contributed by atoms with Crippen molar-refractivity contribution in [2.45, 2.75) is 26.4 Å². The Labute approximate surface area is 125 Å². The first-order valence-electron chi connectivity index (χ1n) is 7.22. The van der Waals surface area contributed by atoms with Gasteiger partial charge in [-0.3, -0.25) is 9.97 Å². The number of aromatic nitrogens is 2. The Morgan fingerprint density at radius 3 is 2.67 bits per heavy atom. The minimum Gasteiger partial charge on any atom is -0.306 e. The summed E-state index contributed by atoms with van der Waals surface area (Å²) in [5.74, 6) is 0. The number of benzene rings is 1. The van der Waals surface area contributed by atoms with Gasteiger partial charge < -0.3 is 5.32 Å². The van der Waals surface area contributed by atoms with Crippen LogP contribution in [0.4, 0.5) is 0 Å². The third-order valence-electron chi connectivity index (χ3n) is 3.73. The summed E-state index contributed by atoms with van der Waals surface area (Å²) in [6.45, 7) is 5.04. The summed E-state index contributed by atoms with van der Waals surface area (Å²) in [7, 11) is 0. The van der Waals surface area contributed by atoms with Crippen molar-refractivity contribution in [2.75, 3.05) is 0 Å². The molecule has 1 N–H and O–H groups in total. The van der Waals surface area contributed by atoms with E-state index in [-0.39, 0.29) is 0 Å². The Morgan fingerprint density at radius 1 is 1.10 bits per heavy atom. The van der Waals surface area contributed by atoms with E-state index in [2.05, 4.69) is 46.5 Å². The number of nitrogens with one attached hydrogen (secondary N) is 1. The number of fused-ring (bicyclic) bond motifs is 1. The quantitative estimate of drug-likeness (QED) is 0.788. The standard InChI is InChI=1S/C18H19N3/c1-13-11-16(17-5-3-4-6-18(17)21-13)12-20-14(2)15-7-9-19-10-8-15/h3-11,14,20H,12H2,1-2H3/t14-/m1/s1. The van der Waals surface area contributed by atoms with Gasteiger partial charge in [0.2, 0.25) is 0 Å². The number of para-hydroxylation sites is 1. The van der Waals surface area contributed by atoms with Crippen molar-refractivity contribution in [1.29, 1.82) is 0 Å². The molecule has 0 amide bonds. The molecule has 106 valence electrons. The molecule has 3 aromatic rings. The van der Waals surface area contributed by atoms with Crippen molar-refractivity contribution in [3.8, 4) is 0 Å². The van der Waals surface area contributed by atoms with Gasteiger partial charge in [0, 0.05) is 36.1 Å². The number of pyridine rings is 2. The summed E-state index contributed by atoms with van der Waals surface area (Å²) in [5, 5.41) is 4.80. The molecule has 3 heteroatoms. The molecular formula is C18H19N3. The molecule has 0 spiro atoms. The maximum atomic E-state index is 4.59. The zero-order chi connectivity index (χ0) is 14.7. The fourth-order valence-electron chi connectivity index (χ4n) is 2.57. The van der Waals surface area contributed by atoms with E-state index in [1.165, 1.54) is 16.5 Å². The van der Waals surface area contributed by atoms with Crippen molar-refractivity contribution in [1.82, 2.24) is 15.3 Å². The van der Waals surface area contributed by atoms with Crippen LogP contribution in [0.1, 0.15) is 29.8 Å². The second-order valence-corrected chi connectivity index (χ2v) is 5.32. The average molecular weight is 277 g/mol. The van der Waals surface area contributed by atoms with Crippen LogP contribution in [-0.4, -0.2) is 9.97 Å². The largest absolute Gasteiger partial charge is 0.306 e. The van der Waals surface area contributed by atoms with Crippen LogP contribution in [0, 0.1) is 6.92 Å². The number of aryl methyl sites for hydroxylation is 1. The van der Waals surface area contributed by atoms with E-state index in [1.54, 1.807) is 0 Å². The van der Waals surface area contributed by atoms with E-state index in [9.17, 15) is 0 Å². The number of hydrogen-bond donors (Lipinski definition) is 1. The molecule has 0 aliphatic heterocycles. The number of hydrogen-bond acceptors (Lipinski definition) is 3. The second kappa shape index (κ2) is 6.02. The predicted octanol–water partition coefficient (Wildman–Crippen LogP) is 3.79. The van der Waals surface area contributed by atoms with Gasteiger partial charge in [-0.15, -0.1) is 0 Å². The molecule has 0 bridgehead atoms. The maximum absolute atomic E-state index is 4.59. The first-order valence-corrected chi connectivity index (χ1v) is 7.22. The topological polar surface area (TPSA) is 37.8 Å². The fraction of sp³-hybridized carbons (Fsp3) is 0.222. The monoisotopic (exact) mass is 277 g/mol. The second-order valence-electron chi connectivity index (χ2n) is 5.32. The van der Waals surface area contributed by atoms with E-state index < -0.39 is 0 Å². The van der Waals surface area contributed by atoms with Crippen LogP contribution in [0.2, 0.25) is 0 Å². The SMILES string of the molecule is Cc1cc(CN[C@H](C)c2ccncc2)c2ccccc2n1. The smallest absolute Gasteiger partial charge is 0.0708 e. The highest BCUT2D eigenvalue weighted by atomic mass is 14.9. The van der Waals surface area contributed by atoms with Crippen molar-refractivity contribution in [2.24, 2.45) is 0 Å². The molecule has 0 saturated carbocycles. The fourth-order valence-corrected chi connectivity index (χ4v) is 2.57. The molecule has 0 aliphatic rings. The Kier molecular flexibility index (Phi) is 3.93. The highest BCUT2D eigenvalue weighted by Gasteiger charge is 2.07. The number of nitrogens with zero attached hydrogens (tertiary/aromatic N) is 2. The normalized spacial score (nSPS) is 12.5. The van der Waals surface area contributed by atoms with Gasteiger partial charge in [0.25, 0.3) is 0 Å². The molecule has 1 aromatic carbocycles. The van der Waals surface area contributed by atoms with Crippen LogP contribution in [0.5, 0.6) is 0 Å². The lowest BCUT2D eigenvalue weighted by molar-refractivity contribution is 0.575. The molecule has 3 rings (SSSR count). The van der Waals surface area contributed by atoms with E-state index in [1.807, 2.05) is 37.5 Å². The first-order chi connectivity index (χ1) is 10.2. The Balaban J connectivity index is 1.82. The van der Waals surface area contributed by atoms with E-state index in [0.29, 0.717) is 6.04 Å². The van der Waals surface area contributed by atoms with Crippen LogP contribution in [0.25, 0.3) is 10.9 Å². The van der Waals surface area contributed by atoms with Crippen LogP contribution in [0.3, 0.4) is 0 Å². The van der Waals surface area contributed by atoms with Gasteiger partial charge in [0.15, 0.2) is 0 Å². The minimum absolute atomic E-state index is 0.292. The first kappa shape index (κ1) is 13.7. The molecule has 0 radical (unpaired) electrons. The van der Waals surface area contributed by atoms with Crippen molar-refractivity contribution >= 4 is 10.9 Å². The van der Waals surface area contributed by atoms with Crippen LogP contribution in [-0.2, 0) is 6.54 Å². The maximum Gasteiger partial charge on any atom is 0.0708 e. The lowest BCUT2D eigenvalue weighted by Crippen LogP contribution is -2.18. The molecule has 3 nitrogen and oxygen atoms in total. The minimum atomic E-state index is 0.292. The van der Waals surface area contributed by atoms with Gasteiger partial charge in [-0.25, -0.2) is 0 Å². The van der Waals surface area contributed by atoms with Gasteiger partial charge in [0.1, 0.15) is 0 Å². The summed E-state index contributed by atoms with van der Waals surface area (Å²) in [6.07, 6.45) is 3.67. The average Bonchev–Trinajstić information content (AvgIpc) is 2.53. The van der Waals surface area contributed by atoms with Crippen molar-refractivity contribution < 1.29 is 0 Å². The van der Waals surface area contributed by atoms with Crippen molar-refractivity contribution in [3.63, 3.8) is 0 Å². The third-order valence-corrected chi connectivity index (χ3v) is 3.73. The molecule has 0 saturated heterocycles. The van der Waals surface area contributed by atoms with Crippen molar-refractivity contribution in [3.05, 3.63) is 71.7 Å². The Morgan fingerprint density at radius 2 is 1.86 bits per heavy atom. The summed E-state index contributed by atoms with van der Waals surface area (Å²) in [4.78, 5) is 8.65. The van der Waals surface area contributed by atoms with E-state index in [4.69, 9.17) is 0 Å². The lowest BCUT2D eigenvalue weighted by Gasteiger charge is -2.15. The summed E-state index contributed by atoms with van der Waals surface area (Å²) in [6, 6.07) is 14.9. The van der Waals surface area contributed by atoms with Gasteiger partial charge in [-0.2, -0.15) is 0 Å². The molecule has 1 atom stereocenters. The lowest BCUT2D eigenvalue weighted by atomic mass is 10.1. The molecule has 21 heavy (non-hydrogen) atoms. The predicted molar refractivity (Wildman–Crippen MR) is 86.0 cm³/mol. The zero-order valence-electron chi connectivity index (χ0n) is 12.4. The summed E-state index contributed by atoms with van der Waals surface area (Å²) < 4.78 is 0. The molecular weight excluding hydrogens is 258 g/mol. The zero-order valence-corrected chi connectivity index (χ0v) is 12.4. The Hall–Kier alpha value is -2.26. The van der Waals surface area contributed by atoms with E-state index in [0.717, 1.165) is 17.8 Å². The summed E-state index contributed by atoms with van der Waals surface area (Å²) in [5.41, 5.74) is 4.66.